The lowest BCUT2D eigenvalue weighted by molar-refractivity contribution is 0.254. The normalized spacial score (nSPS) is 10.5. The van der Waals surface area contributed by atoms with Crippen molar-refractivity contribution in [1.82, 2.24) is 24.9 Å². The van der Waals surface area contributed by atoms with E-state index < -0.39 is 0 Å². The number of carbonyl (C=O) groups excluding carboxylic acids is 1. The van der Waals surface area contributed by atoms with Gasteiger partial charge in [0.15, 0.2) is 11.5 Å². The zero-order chi connectivity index (χ0) is 15.5. The van der Waals surface area contributed by atoms with Crippen molar-refractivity contribution >= 4 is 17.5 Å². The topological polar surface area (TPSA) is 93.4 Å². The average molecular weight is 298 g/mol. The molecule has 8 nitrogen and oxygen atoms in total. The Morgan fingerprint density at radius 3 is 2.95 bits per heavy atom. The van der Waals surface area contributed by atoms with Crippen LogP contribution in [0.15, 0.2) is 36.8 Å². The molecule has 0 aliphatic heterocycles. The number of rotatable bonds is 3. The van der Waals surface area contributed by atoms with E-state index in [0.717, 1.165) is 11.3 Å². The molecule has 0 aromatic carbocycles. The summed E-state index contributed by atoms with van der Waals surface area (Å²) in [6.07, 6.45) is 4.98. The molecule has 0 spiro atoms. The lowest BCUT2D eigenvalue weighted by atomic mass is 10.2. The molecule has 2 amide bonds. The summed E-state index contributed by atoms with van der Waals surface area (Å²) in [5.74, 6) is 1.08. The van der Waals surface area contributed by atoms with E-state index in [1.54, 1.807) is 30.2 Å². The molecule has 0 aliphatic carbocycles. The van der Waals surface area contributed by atoms with E-state index in [9.17, 15) is 4.79 Å². The summed E-state index contributed by atoms with van der Waals surface area (Å²) in [5, 5.41) is 9.53. The predicted molar refractivity (Wildman–Crippen MR) is 80.8 cm³/mol. The maximum atomic E-state index is 11.3. The van der Waals surface area contributed by atoms with Crippen molar-refractivity contribution in [3.8, 4) is 17.0 Å². The third-order valence-corrected chi connectivity index (χ3v) is 3.03. The third-order valence-electron chi connectivity index (χ3n) is 3.03. The fourth-order valence-electron chi connectivity index (χ4n) is 1.95. The quantitative estimate of drug-likeness (QED) is 0.765. The highest BCUT2D eigenvalue weighted by Crippen LogP contribution is 2.21. The molecule has 0 aliphatic rings. The number of nitrogens with zero attached hydrogens (tertiary/aromatic N) is 4. The highest BCUT2D eigenvalue weighted by molar-refractivity contribution is 5.88. The van der Waals surface area contributed by atoms with Crippen LogP contribution in [0.5, 0.6) is 5.75 Å². The van der Waals surface area contributed by atoms with E-state index in [1.807, 2.05) is 18.2 Å². The number of ether oxygens (including phenoxy) is 1. The monoisotopic (exact) mass is 298 g/mol. The molecule has 0 bridgehead atoms. The van der Waals surface area contributed by atoms with Gasteiger partial charge in [0.05, 0.1) is 25.2 Å². The molecule has 0 atom stereocenters. The number of carbonyl (C=O) groups is 1. The molecule has 112 valence electrons. The zero-order valence-electron chi connectivity index (χ0n) is 12.1. The molecule has 0 saturated heterocycles. The van der Waals surface area contributed by atoms with Crippen molar-refractivity contribution in [2.24, 2.45) is 0 Å². The van der Waals surface area contributed by atoms with Crippen LogP contribution in [0.2, 0.25) is 0 Å². The van der Waals surface area contributed by atoms with Gasteiger partial charge in [-0.2, -0.15) is 5.10 Å². The standard InChI is InChI=1S/C14H14N6O2/c1-15-14(21)18-12-8-20-13(17-12)4-3-11(19-20)9-5-10(22-2)7-16-6-9/h3-8H,1-2H3,(H2,15,18,21). The van der Waals surface area contributed by atoms with E-state index >= 15 is 0 Å². The minimum atomic E-state index is -0.333. The molecule has 8 heteroatoms. The summed E-state index contributed by atoms with van der Waals surface area (Å²) in [4.78, 5) is 19.7. The fraction of sp³-hybridized carbons (Fsp3) is 0.143. The summed E-state index contributed by atoms with van der Waals surface area (Å²) in [6, 6.07) is 5.17. The maximum Gasteiger partial charge on any atom is 0.320 e. The molecule has 0 fully saturated rings. The number of pyridine rings is 1. The van der Waals surface area contributed by atoms with Gasteiger partial charge in [-0.05, 0) is 18.2 Å². The van der Waals surface area contributed by atoms with Crippen molar-refractivity contribution in [1.29, 1.82) is 0 Å². The van der Waals surface area contributed by atoms with Crippen LogP contribution in [0.4, 0.5) is 10.6 Å². The van der Waals surface area contributed by atoms with Gasteiger partial charge >= 0.3 is 6.03 Å². The Balaban J connectivity index is 1.96. The number of methoxy groups -OCH3 is 1. The van der Waals surface area contributed by atoms with Crippen molar-refractivity contribution in [3.63, 3.8) is 0 Å². The fourth-order valence-corrected chi connectivity index (χ4v) is 1.95. The van der Waals surface area contributed by atoms with Crippen LogP contribution in [0.3, 0.4) is 0 Å². The number of amides is 2. The summed E-state index contributed by atoms with van der Waals surface area (Å²) in [6.45, 7) is 0. The minimum Gasteiger partial charge on any atom is -0.495 e. The predicted octanol–water partition coefficient (Wildman–Crippen LogP) is 1.55. The van der Waals surface area contributed by atoms with Gasteiger partial charge in [-0.25, -0.2) is 14.3 Å². The number of anilines is 1. The van der Waals surface area contributed by atoms with E-state index in [-0.39, 0.29) is 6.03 Å². The van der Waals surface area contributed by atoms with Crippen LogP contribution in [-0.2, 0) is 0 Å². The Hall–Kier alpha value is -3.16. The lowest BCUT2D eigenvalue weighted by Crippen LogP contribution is -2.24. The van der Waals surface area contributed by atoms with E-state index in [2.05, 4.69) is 25.7 Å². The Morgan fingerprint density at radius 1 is 1.32 bits per heavy atom. The molecular weight excluding hydrogens is 284 g/mol. The second kappa shape index (κ2) is 5.68. The molecule has 0 radical (unpaired) electrons. The Labute approximate surface area is 126 Å². The average Bonchev–Trinajstić information content (AvgIpc) is 2.95. The minimum absolute atomic E-state index is 0.333. The second-order valence-corrected chi connectivity index (χ2v) is 4.47. The number of nitrogens with one attached hydrogen (secondary N) is 2. The zero-order valence-corrected chi connectivity index (χ0v) is 12.1. The van der Waals surface area contributed by atoms with Crippen molar-refractivity contribution in [2.75, 3.05) is 19.5 Å². The summed E-state index contributed by atoms with van der Waals surface area (Å²) < 4.78 is 6.76. The van der Waals surface area contributed by atoms with Gasteiger partial charge in [0.2, 0.25) is 0 Å². The third kappa shape index (κ3) is 2.66. The Bertz CT molecular complexity index is 829. The number of hydrogen-bond acceptors (Lipinski definition) is 5. The van der Waals surface area contributed by atoms with Gasteiger partial charge in [0.25, 0.3) is 0 Å². The van der Waals surface area contributed by atoms with Crippen LogP contribution in [0.25, 0.3) is 16.9 Å². The molecule has 0 unspecified atom stereocenters. The maximum absolute atomic E-state index is 11.3. The molecule has 22 heavy (non-hydrogen) atoms. The number of urea groups is 1. The second-order valence-electron chi connectivity index (χ2n) is 4.47. The molecule has 0 saturated carbocycles. The molecular formula is C14H14N6O2. The van der Waals surface area contributed by atoms with Crippen molar-refractivity contribution in [3.05, 3.63) is 36.8 Å². The van der Waals surface area contributed by atoms with Crippen molar-refractivity contribution in [2.45, 2.75) is 0 Å². The first-order chi connectivity index (χ1) is 10.7. The van der Waals surface area contributed by atoms with E-state index in [1.165, 1.54) is 7.05 Å². The van der Waals surface area contributed by atoms with Gasteiger partial charge in [0.1, 0.15) is 5.75 Å². The molecule has 2 N–H and O–H groups in total. The summed E-state index contributed by atoms with van der Waals surface area (Å²) in [5.41, 5.74) is 2.18. The Kier molecular flexibility index (Phi) is 3.57. The van der Waals surface area contributed by atoms with Gasteiger partial charge in [0, 0.05) is 18.8 Å². The molecule has 3 rings (SSSR count). The molecule has 3 aromatic rings. The summed E-state index contributed by atoms with van der Waals surface area (Å²) >= 11 is 0. The van der Waals surface area contributed by atoms with Crippen LogP contribution < -0.4 is 15.4 Å². The van der Waals surface area contributed by atoms with Gasteiger partial charge in [-0.15, -0.1) is 0 Å². The number of hydrogen-bond donors (Lipinski definition) is 2. The highest BCUT2D eigenvalue weighted by Gasteiger charge is 2.08. The van der Waals surface area contributed by atoms with Crippen molar-refractivity contribution < 1.29 is 9.53 Å². The number of fused-ring (bicyclic) bond motifs is 1. The smallest absolute Gasteiger partial charge is 0.320 e. The number of aromatic nitrogens is 4. The summed E-state index contributed by atoms with van der Waals surface area (Å²) in [7, 11) is 3.13. The van der Waals surface area contributed by atoms with Gasteiger partial charge in [-0.3, -0.25) is 10.3 Å². The van der Waals surface area contributed by atoms with E-state index in [4.69, 9.17) is 4.74 Å². The van der Waals surface area contributed by atoms with Crippen LogP contribution in [0, 0.1) is 0 Å². The van der Waals surface area contributed by atoms with Crippen LogP contribution in [0.1, 0.15) is 0 Å². The van der Waals surface area contributed by atoms with Crippen LogP contribution >= 0.6 is 0 Å². The number of imidazole rings is 1. The van der Waals surface area contributed by atoms with Gasteiger partial charge < -0.3 is 10.1 Å². The lowest BCUT2D eigenvalue weighted by Gasteiger charge is -2.03. The van der Waals surface area contributed by atoms with Crippen LogP contribution in [-0.4, -0.2) is 39.8 Å². The SMILES string of the molecule is CNC(=O)Nc1cn2nc(-c3cncc(OC)c3)ccc2n1. The Morgan fingerprint density at radius 2 is 2.18 bits per heavy atom. The van der Waals surface area contributed by atoms with E-state index in [0.29, 0.717) is 17.2 Å². The van der Waals surface area contributed by atoms with Gasteiger partial charge in [-0.1, -0.05) is 0 Å². The molecule has 3 aromatic heterocycles. The first-order valence-electron chi connectivity index (χ1n) is 6.54. The highest BCUT2D eigenvalue weighted by atomic mass is 16.5. The largest absolute Gasteiger partial charge is 0.495 e. The first kappa shape index (κ1) is 13.8. The molecule has 3 heterocycles. The first-order valence-corrected chi connectivity index (χ1v) is 6.54.